The molecule has 0 aliphatic heterocycles. The fraction of sp³-hybridized carbons (Fsp3) is 0.538. The van der Waals surface area contributed by atoms with Gasteiger partial charge in [0.05, 0.1) is 6.61 Å². The van der Waals surface area contributed by atoms with Gasteiger partial charge in [-0.05, 0) is 31.7 Å². The Labute approximate surface area is 102 Å². The Kier molecular flexibility index (Phi) is 3.61. The normalized spacial score (nSPS) is 16.1. The average molecular weight is 233 g/mol. The molecule has 0 atom stereocenters. The van der Waals surface area contributed by atoms with Gasteiger partial charge in [-0.2, -0.15) is 0 Å². The van der Waals surface area contributed by atoms with E-state index in [0.29, 0.717) is 17.4 Å². The number of nitrogens with two attached hydrogens (primary N) is 1. The molecule has 1 aliphatic carbocycles. The molecule has 2 rings (SSSR count). The van der Waals surface area contributed by atoms with E-state index in [-0.39, 0.29) is 5.84 Å². The quantitative estimate of drug-likeness (QED) is 0.619. The molecule has 1 aliphatic rings. The number of nitrogens with zero attached hydrogens (tertiary/aromatic N) is 1. The van der Waals surface area contributed by atoms with E-state index in [1.54, 1.807) is 12.1 Å². The van der Waals surface area contributed by atoms with Crippen LogP contribution in [-0.4, -0.2) is 17.4 Å². The van der Waals surface area contributed by atoms with Crippen LogP contribution in [0.1, 0.15) is 36.9 Å². The third kappa shape index (κ3) is 3.19. The summed E-state index contributed by atoms with van der Waals surface area (Å²) < 4.78 is 5.70. The Balaban J connectivity index is 2.01. The Morgan fingerprint density at radius 3 is 2.82 bits per heavy atom. The van der Waals surface area contributed by atoms with Crippen molar-refractivity contribution in [1.29, 1.82) is 5.41 Å². The second-order valence-electron chi connectivity index (χ2n) is 4.71. The number of aryl methyl sites for hydroxylation is 1. The summed E-state index contributed by atoms with van der Waals surface area (Å²) in [6.07, 6.45) is 5.14. The molecule has 1 aromatic heterocycles. The molecule has 3 N–H and O–H groups in total. The zero-order valence-corrected chi connectivity index (χ0v) is 10.2. The van der Waals surface area contributed by atoms with Gasteiger partial charge < -0.3 is 10.5 Å². The van der Waals surface area contributed by atoms with Gasteiger partial charge in [-0.15, -0.1) is 0 Å². The molecule has 92 valence electrons. The smallest absolute Gasteiger partial charge is 0.214 e. The lowest BCUT2D eigenvalue weighted by molar-refractivity contribution is 0.243. The molecule has 0 saturated heterocycles. The maximum Gasteiger partial charge on any atom is 0.214 e. The van der Waals surface area contributed by atoms with Crippen molar-refractivity contribution in [3.8, 4) is 5.88 Å². The number of hydrogen-bond donors (Lipinski definition) is 2. The minimum absolute atomic E-state index is 0.0567. The average Bonchev–Trinajstić information content (AvgIpc) is 2.78. The van der Waals surface area contributed by atoms with Gasteiger partial charge in [0.25, 0.3) is 0 Å². The topological polar surface area (TPSA) is 72.0 Å². The van der Waals surface area contributed by atoms with Crippen LogP contribution in [0.3, 0.4) is 0 Å². The number of ether oxygens (including phenoxy) is 1. The molecule has 4 nitrogen and oxygen atoms in total. The van der Waals surface area contributed by atoms with E-state index < -0.39 is 0 Å². The predicted octanol–water partition coefficient (Wildman–Crippen LogP) is 2.24. The van der Waals surface area contributed by atoms with Crippen LogP contribution in [0.25, 0.3) is 0 Å². The van der Waals surface area contributed by atoms with Gasteiger partial charge in [0, 0.05) is 17.3 Å². The van der Waals surface area contributed by atoms with Crippen LogP contribution in [0, 0.1) is 18.3 Å². The van der Waals surface area contributed by atoms with E-state index in [4.69, 9.17) is 15.9 Å². The minimum Gasteiger partial charge on any atom is -0.477 e. The molecule has 0 bridgehead atoms. The summed E-state index contributed by atoms with van der Waals surface area (Å²) in [5.41, 5.74) is 6.98. The van der Waals surface area contributed by atoms with Gasteiger partial charge in [0.2, 0.25) is 5.88 Å². The highest BCUT2D eigenvalue weighted by atomic mass is 16.5. The Hall–Kier alpha value is -1.58. The van der Waals surface area contributed by atoms with Crippen molar-refractivity contribution in [2.24, 2.45) is 11.7 Å². The van der Waals surface area contributed by atoms with Crippen LogP contribution in [-0.2, 0) is 0 Å². The lowest BCUT2D eigenvalue weighted by atomic mass is 10.1. The standard InChI is InChI=1S/C13H19N3O/c1-9-6-11(13(14)15)7-12(16-9)17-8-10-4-2-3-5-10/h6-7,10H,2-5,8H2,1H3,(H3,14,15). The Morgan fingerprint density at radius 2 is 2.18 bits per heavy atom. The summed E-state index contributed by atoms with van der Waals surface area (Å²) in [6, 6.07) is 3.54. The van der Waals surface area contributed by atoms with Crippen LogP contribution in [0.5, 0.6) is 5.88 Å². The molecule has 0 radical (unpaired) electrons. The molecule has 0 aromatic carbocycles. The molecule has 4 heteroatoms. The van der Waals surface area contributed by atoms with Crippen molar-refractivity contribution in [1.82, 2.24) is 4.98 Å². The van der Waals surface area contributed by atoms with Gasteiger partial charge in [0.15, 0.2) is 0 Å². The van der Waals surface area contributed by atoms with Crippen LogP contribution in [0.4, 0.5) is 0 Å². The first-order valence-electron chi connectivity index (χ1n) is 6.11. The van der Waals surface area contributed by atoms with Gasteiger partial charge in [0.1, 0.15) is 5.84 Å². The third-order valence-electron chi connectivity index (χ3n) is 3.18. The lowest BCUT2D eigenvalue weighted by Gasteiger charge is -2.11. The highest BCUT2D eigenvalue weighted by Crippen LogP contribution is 2.25. The molecular weight excluding hydrogens is 214 g/mol. The molecule has 0 amide bonds. The van der Waals surface area contributed by atoms with E-state index in [1.165, 1.54) is 25.7 Å². The second-order valence-corrected chi connectivity index (χ2v) is 4.71. The SMILES string of the molecule is Cc1cc(C(=N)N)cc(OCC2CCCC2)n1. The van der Waals surface area contributed by atoms with E-state index in [1.807, 2.05) is 6.92 Å². The predicted molar refractivity (Wildman–Crippen MR) is 67.4 cm³/mol. The molecular formula is C13H19N3O. The van der Waals surface area contributed by atoms with Crippen molar-refractivity contribution >= 4 is 5.84 Å². The molecule has 1 fully saturated rings. The summed E-state index contributed by atoms with van der Waals surface area (Å²) in [7, 11) is 0. The van der Waals surface area contributed by atoms with Crippen molar-refractivity contribution in [3.63, 3.8) is 0 Å². The number of aromatic nitrogens is 1. The Bertz CT molecular complexity index is 411. The van der Waals surface area contributed by atoms with Crippen LogP contribution in [0.15, 0.2) is 12.1 Å². The number of hydrogen-bond acceptors (Lipinski definition) is 3. The molecule has 0 unspecified atom stereocenters. The van der Waals surface area contributed by atoms with Crippen molar-refractivity contribution < 1.29 is 4.74 Å². The number of nitrogens with one attached hydrogen (secondary N) is 1. The van der Waals surface area contributed by atoms with Crippen LogP contribution < -0.4 is 10.5 Å². The van der Waals surface area contributed by atoms with E-state index in [0.717, 1.165) is 12.3 Å². The first kappa shape index (κ1) is 11.9. The molecule has 17 heavy (non-hydrogen) atoms. The fourth-order valence-corrected chi connectivity index (χ4v) is 2.25. The number of rotatable bonds is 4. The maximum absolute atomic E-state index is 7.42. The van der Waals surface area contributed by atoms with Crippen molar-refractivity contribution in [3.05, 3.63) is 23.4 Å². The Morgan fingerprint density at radius 1 is 1.47 bits per heavy atom. The zero-order chi connectivity index (χ0) is 12.3. The fourth-order valence-electron chi connectivity index (χ4n) is 2.25. The molecule has 1 aromatic rings. The summed E-state index contributed by atoms with van der Waals surface area (Å²) in [5, 5.41) is 7.42. The molecule has 1 heterocycles. The van der Waals surface area contributed by atoms with Gasteiger partial charge in [-0.25, -0.2) is 4.98 Å². The monoisotopic (exact) mass is 233 g/mol. The van der Waals surface area contributed by atoms with Crippen LogP contribution >= 0.6 is 0 Å². The maximum atomic E-state index is 7.42. The zero-order valence-electron chi connectivity index (χ0n) is 10.2. The highest BCUT2D eigenvalue weighted by Gasteiger charge is 2.16. The minimum atomic E-state index is 0.0567. The van der Waals surface area contributed by atoms with Gasteiger partial charge in [-0.1, -0.05) is 12.8 Å². The molecule has 0 spiro atoms. The number of amidine groups is 1. The lowest BCUT2D eigenvalue weighted by Crippen LogP contribution is -2.13. The summed E-state index contributed by atoms with van der Waals surface area (Å²) in [5.74, 6) is 1.31. The van der Waals surface area contributed by atoms with Crippen molar-refractivity contribution in [2.75, 3.05) is 6.61 Å². The first-order chi connectivity index (χ1) is 8.15. The highest BCUT2D eigenvalue weighted by molar-refractivity contribution is 5.95. The summed E-state index contributed by atoms with van der Waals surface area (Å²) >= 11 is 0. The number of pyridine rings is 1. The van der Waals surface area contributed by atoms with E-state index >= 15 is 0 Å². The summed E-state index contributed by atoms with van der Waals surface area (Å²) in [4.78, 5) is 4.30. The van der Waals surface area contributed by atoms with Gasteiger partial charge in [-0.3, -0.25) is 5.41 Å². The second kappa shape index (κ2) is 5.17. The van der Waals surface area contributed by atoms with E-state index in [2.05, 4.69) is 4.98 Å². The van der Waals surface area contributed by atoms with Crippen LogP contribution in [0.2, 0.25) is 0 Å². The van der Waals surface area contributed by atoms with Crippen molar-refractivity contribution in [2.45, 2.75) is 32.6 Å². The largest absolute Gasteiger partial charge is 0.477 e. The molecule has 1 saturated carbocycles. The number of nitrogen functional groups attached to an aromatic ring is 1. The third-order valence-corrected chi connectivity index (χ3v) is 3.18. The first-order valence-corrected chi connectivity index (χ1v) is 6.11. The van der Waals surface area contributed by atoms with E-state index in [9.17, 15) is 0 Å². The summed E-state index contributed by atoms with van der Waals surface area (Å²) in [6.45, 7) is 2.61. The van der Waals surface area contributed by atoms with Gasteiger partial charge >= 0.3 is 0 Å².